The third kappa shape index (κ3) is 3.03. The molecule has 18 heavy (non-hydrogen) atoms. The van der Waals surface area contributed by atoms with E-state index in [0.717, 1.165) is 10.4 Å². The van der Waals surface area contributed by atoms with Gasteiger partial charge >= 0.3 is 0 Å². The Morgan fingerprint density at radius 2 is 2.11 bits per heavy atom. The van der Waals surface area contributed by atoms with E-state index in [1.165, 1.54) is 18.2 Å². The van der Waals surface area contributed by atoms with Gasteiger partial charge < -0.3 is 5.11 Å². The van der Waals surface area contributed by atoms with Crippen LogP contribution in [0.1, 0.15) is 6.92 Å². The van der Waals surface area contributed by atoms with E-state index in [4.69, 9.17) is 5.11 Å². The lowest BCUT2D eigenvalue weighted by Crippen LogP contribution is -2.33. The maximum absolute atomic E-state index is 12.1. The van der Waals surface area contributed by atoms with Gasteiger partial charge in [0.1, 0.15) is 0 Å². The van der Waals surface area contributed by atoms with E-state index in [2.05, 4.69) is 0 Å². The van der Waals surface area contributed by atoms with Gasteiger partial charge in [0, 0.05) is 25.2 Å². The van der Waals surface area contributed by atoms with Crippen molar-refractivity contribution >= 4 is 15.7 Å². The van der Waals surface area contributed by atoms with Crippen molar-refractivity contribution in [2.24, 2.45) is 0 Å². The standard InChI is InChI=1S/C10H14N2O5S/c1-2-11(6-7-13)18(16,17)10-5-3-4-9(8-10)12(14)15/h3-5,8,13H,2,6-7H2,1H3. The summed E-state index contributed by atoms with van der Waals surface area (Å²) >= 11 is 0. The summed E-state index contributed by atoms with van der Waals surface area (Å²) < 4.78 is 25.3. The van der Waals surface area contributed by atoms with Crippen LogP contribution in [0.2, 0.25) is 0 Å². The lowest BCUT2D eigenvalue weighted by molar-refractivity contribution is -0.385. The molecule has 0 saturated carbocycles. The number of aliphatic hydroxyl groups excluding tert-OH is 1. The van der Waals surface area contributed by atoms with Crippen LogP contribution in [-0.4, -0.2) is 42.4 Å². The smallest absolute Gasteiger partial charge is 0.270 e. The number of aliphatic hydroxyl groups is 1. The van der Waals surface area contributed by atoms with Crippen molar-refractivity contribution < 1.29 is 18.4 Å². The summed E-state index contributed by atoms with van der Waals surface area (Å²) in [5.74, 6) is 0. The summed E-state index contributed by atoms with van der Waals surface area (Å²) in [5.41, 5.74) is -0.281. The third-order valence-electron chi connectivity index (χ3n) is 2.37. The van der Waals surface area contributed by atoms with E-state index in [0.29, 0.717) is 0 Å². The average molecular weight is 274 g/mol. The Morgan fingerprint density at radius 3 is 2.61 bits per heavy atom. The fourth-order valence-corrected chi connectivity index (χ4v) is 2.95. The molecule has 0 radical (unpaired) electrons. The van der Waals surface area contributed by atoms with E-state index in [-0.39, 0.29) is 30.3 Å². The number of hydrogen-bond donors (Lipinski definition) is 1. The van der Waals surface area contributed by atoms with Crippen LogP contribution in [0, 0.1) is 10.1 Å². The highest BCUT2D eigenvalue weighted by molar-refractivity contribution is 7.89. The molecule has 0 aliphatic heterocycles. The van der Waals surface area contributed by atoms with Crippen LogP contribution in [0.25, 0.3) is 0 Å². The molecule has 8 heteroatoms. The topological polar surface area (TPSA) is 101 Å². The van der Waals surface area contributed by atoms with Crippen LogP contribution >= 0.6 is 0 Å². The van der Waals surface area contributed by atoms with Gasteiger partial charge in [-0.05, 0) is 6.07 Å². The second-order valence-electron chi connectivity index (χ2n) is 3.47. The minimum Gasteiger partial charge on any atom is -0.395 e. The lowest BCUT2D eigenvalue weighted by atomic mass is 10.3. The minimum absolute atomic E-state index is 0.0402. The number of benzene rings is 1. The van der Waals surface area contributed by atoms with Gasteiger partial charge in [0.25, 0.3) is 5.69 Å². The van der Waals surface area contributed by atoms with Crippen LogP contribution in [0.3, 0.4) is 0 Å². The Bertz CT molecular complexity index is 529. The molecule has 0 fully saturated rings. The Morgan fingerprint density at radius 1 is 1.44 bits per heavy atom. The molecule has 0 heterocycles. The maximum Gasteiger partial charge on any atom is 0.270 e. The van der Waals surface area contributed by atoms with Crippen LogP contribution in [0.4, 0.5) is 5.69 Å². The summed E-state index contributed by atoms with van der Waals surface area (Å²) in [6, 6.07) is 4.84. The SMILES string of the molecule is CCN(CCO)S(=O)(=O)c1cccc([N+](=O)[O-])c1. The number of nitrogens with zero attached hydrogens (tertiary/aromatic N) is 2. The molecule has 0 aliphatic carbocycles. The second kappa shape index (κ2) is 5.89. The first-order valence-corrected chi connectivity index (χ1v) is 6.73. The molecule has 7 nitrogen and oxygen atoms in total. The largest absolute Gasteiger partial charge is 0.395 e. The fourth-order valence-electron chi connectivity index (χ4n) is 1.47. The molecule has 0 atom stereocenters. The molecule has 1 rings (SSSR count). The third-order valence-corrected chi connectivity index (χ3v) is 4.34. The van der Waals surface area contributed by atoms with Gasteiger partial charge in [0.05, 0.1) is 16.4 Å². The molecule has 0 saturated heterocycles. The summed E-state index contributed by atoms with van der Waals surface area (Å²) in [6.07, 6.45) is 0. The van der Waals surface area contributed by atoms with Crippen LogP contribution in [0.5, 0.6) is 0 Å². The van der Waals surface area contributed by atoms with E-state index >= 15 is 0 Å². The molecule has 100 valence electrons. The molecule has 0 unspecified atom stereocenters. The molecule has 1 N–H and O–H groups in total. The molecule has 0 bridgehead atoms. The molecule has 1 aromatic rings. The summed E-state index contributed by atoms with van der Waals surface area (Å²) in [7, 11) is -3.80. The highest BCUT2D eigenvalue weighted by Gasteiger charge is 2.24. The Kier molecular flexibility index (Phi) is 4.76. The number of rotatable bonds is 6. The minimum atomic E-state index is -3.80. The van der Waals surface area contributed by atoms with Crippen molar-refractivity contribution in [2.45, 2.75) is 11.8 Å². The second-order valence-corrected chi connectivity index (χ2v) is 5.41. The predicted octanol–water partition coefficient (Wildman–Crippen LogP) is 0.598. The van der Waals surface area contributed by atoms with Gasteiger partial charge in [0.15, 0.2) is 0 Å². The lowest BCUT2D eigenvalue weighted by Gasteiger charge is -2.19. The monoisotopic (exact) mass is 274 g/mol. The van der Waals surface area contributed by atoms with Crippen LogP contribution in [-0.2, 0) is 10.0 Å². The molecular weight excluding hydrogens is 260 g/mol. The first-order chi connectivity index (χ1) is 8.43. The van der Waals surface area contributed by atoms with Crippen molar-refractivity contribution in [3.8, 4) is 0 Å². The van der Waals surface area contributed by atoms with E-state index < -0.39 is 14.9 Å². The van der Waals surface area contributed by atoms with Crippen molar-refractivity contribution in [1.29, 1.82) is 0 Å². The van der Waals surface area contributed by atoms with Gasteiger partial charge in [-0.1, -0.05) is 13.0 Å². The number of nitro groups is 1. The highest BCUT2D eigenvalue weighted by Crippen LogP contribution is 2.20. The zero-order valence-corrected chi connectivity index (χ0v) is 10.6. The molecule has 0 amide bonds. The normalized spacial score (nSPS) is 11.7. The van der Waals surface area contributed by atoms with Gasteiger partial charge in [-0.2, -0.15) is 4.31 Å². The number of non-ortho nitro benzene ring substituents is 1. The number of likely N-dealkylation sites (N-methyl/N-ethyl adjacent to an activating group) is 1. The van der Waals surface area contributed by atoms with E-state index in [1.807, 2.05) is 0 Å². The summed E-state index contributed by atoms with van der Waals surface area (Å²) in [5, 5.41) is 19.4. The molecule has 0 spiro atoms. The van der Waals surface area contributed by atoms with Gasteiger partial charge in [-0.15, -0.1) is 0 Å². The van der Waals surface area contributed by atoms with Crippen molar-refractivity contribution in [1.82, 2.24) is 4.31 Å². The van der Waals surface area contributed by atoms with Crippen molar-refractivity contribution in [3.05, 3.63) is 34.4 Å². The van der Waals surface area contributed by atoms with Crippen molar-refractivity contribution in [3.63, 3.8) is 0 Å². The fraction of sp³-hybridized carbons (Fsp3) is 0.400. The molecular formula is C10H14N2O5S. The quantitative estimate of drug-likeness (QED) is 0.604. The zero-order valence-electron chi connectivity index (χ0n) is 9.81. The molecule has 0 aliphatic rings. The molecule has 1 aromatic carbocycles. The average Bonchev–Trinajstić information content (AvgIpc) is 2.35. The van der Waals surface area contributed by atoms with Gasteiger partial charge in [-0.3, -0.25) is 10.1 Å². The van der Waals surface area contributed by atoms with Crippen molar-refractivity contribution in [2.75, 3.05) is 19.7 Å². The number of hydrogen-bond acceptors (Lipinski definition) is 5. The molecule has 0 aromatic heterocycles. The predicted molar refractivity (Wildman–Crippen MR) is 64.6 cm³/mol. The van der Waals surface area contributed by atoms with Crippen LogP contribution in [0.15, 0.2) is 29.2 Å². The number of nitro benzene ring substituents is 1. The number of sulfonamides is 1. The van der Waals surface area contributed by atoms with Crippen LogP contribution < -0.4 is 0 Å². The van der Waals surface area contributed by atoms with E-state index in [9.17, 15) is 18.5 Å². The Labute approximate surface area is 105 Å². The van der Waals surface area contributed by atoms with Gasteiger partial charge in [-0.25, -0.2) is 8.42 Å². The first-order valence-electron chi connectivity index (χ1n) is 5.29. The van der Waals surface area contributed by atoms with Gasteiger partial charge in [0.2, 0.25) is 10.0 Å². The summed E-state index contributed by atoms with van der Waals surface area (Å²) in [4.78, 5) is 9.80. The zero-order chi connectivity index (χ0) is 13.8. The van der Waals surface area contributed by atoms with E-state index in [1.54, 1.807) is 6.92 Å². The Hall–Kier alpha value is -1.51. The Balaban J connectivity index is 3.19. The summed E-state index contributed by atoms with van der Waals surface area (Å²) in [6.45, 7) is 1.47. The highest BCUT2D eigenvalue weighted by atomic mass is 32.2. The maximum atomic E-state index is 12.1. The first kappa shape index (κ1) is 14.6.